The average Bonchev–Trinajstić information content (AvgIpc) is 3.45. The average molecular weight is 543 g/mol. The molecule has 0 amide bonds. The molecule has 8 nitrogen and oxygen atoms in total. The van der Waals surface area contributed by atoms with E-state index in [1.807, 2.05) is 0 Å². The molecule has 0 radical (unpaired) electrons. The molecule has 0 bridgehead atoms. The number of benzene rings is 2. The SMILES string of the molecule is Cc1noc(NS(=O)(=O)c2ccccc2-c2ccc(-c3ncco3)cc2CNCC(F)(F)F)c1C.Cl. The van der Waals surface area contributed by atoms with Gasteiger partial charge in [-0.3, -0.25) is 0 Å². The van der Waals surface area contributed by atoms with E-state index >= 15 is 0 Å². The zero-order chi connectivity index (χ0) is 25.2. The van der Waals surface area contributed by atoms with E-state index in [9.17, 15) is 21.6 Å². The van der Waals surface area contributed by atoms with E-state index in [0.717, 1.165) is 0 Å². The van der Waals surface area contributed by atoms with Crippen LogP contribution in [0.5, 0.6) is 0 Å². The highest BCUT2D eigenvalue weighted by molar-refractivity contribution is 7.92. The van der Waals surface area contributed by atoms with E-state index in [-0.39, 0.29) is 35.6 Å². The van der Waals surface area contributed by atoms with Crippen LogP contribution in [0.3, 0.4) is 0 Å². The number of aryl methyl sites for hydroxylation is 1. The molecule has 0 spiro atoms. The molecule has 4 rings (SSSR count). The molecule has 0 atom stereocenters. The summed E-state index contributed by atoms with van der Waals surface area (Å²) in [5.41, 5.74) is 2.78. The van der Waals surface area contributed by atoms with Gasteiger partial charge in [0.25, 0.3) is 10.0 Å². The Morgan fingerprint density at radius 3 is 2.44 bits per heavy atom. The third-order valence-corrected chi connectivity index (χ3v) is 6.67. The molecule has 2 aromatic heterocycles. The van der Waals surface area contributed by atoms with Gasteiger partial charge in [0.1, 0.15) is 6.26 Å². The number of sulfonamides is 1. The quantitative estimate of drug-likeness (QED) is 0.303. The summed E-state index contributed by atoms with van der Waals surface area (Å²) >= 11 is 0. The van der Waals surface area contributed by atoms with E-state index in [0.29, 0.717) is 33.5 Å². The van der Waals surface area contributed by atoms with Crippen LogP contribution in [0.4, 0.5) is 19.1 Å². The van der Waals surface area contributed by atoms with Gasteiger partial charge in [-0.25, -0.2) is 18.1 Å². The van der Waals surface area contributed by atoms with Crippen LogP contribution in [0, 0.1) is 13.8 Å². The summed E-state index contributed by atoms with van der Waals surface area (Å²) in [5, 5.41) is 6.13. The van der Waals surface area contributed by atoms with Gasteiger partial charge in [-0.05, 0) is 43.2 Å². The maximum atomic E-state index is 13.3. The molecule has 4 aromatic rings. The van der Waals surface area contributed by atoms with Gasteiger partial charge >= 0.3 is 6.18 Å². The van der Waals surface area contributed by atoms with Crippen LogP contribution >= 0.6 is 12.4 Å². The van der Waals surface area contributed by atoms with Gasteiger partial charge in [-0.2, -0.15) is 13.2 Å². The summed E-state index contributed by atoms with van der Waals surface area (Å²) in [7, 11) is -4.13. The van der Waals surface area contributed by atoms with Crippen LogP contribution in [0.2, 0.25) is 0 Å². The van der Waals surface area contributed by atoms with E-state index < -0.39 is 22.7 Å². The molecule has 0 saturated carbocycles. The lowest BCUT2D eigenvalue weighted by molar-refractivity contribution is -0.125. The first kappa shape index (κ1) is 27.2. The topological polar surface area (TPSA) is 110 Å². The summed E-state index contributed by atoms with van der Waals surface area (Å²) in [5.74, 6) is 0.274. The Bertz CT molecular complexity index is 1440. The lowest BCUT2D eigenvalue weighted by Crippen LogP contribution is -2.28. The van der Waals surface area contributed by atoms with Crippen LogP contribution in [0.15, 0.2) is 68.8 Å². The number of anilines is 1. The number of hydrogen-bond donors (Lipinski definition) is 2. The summed E-state index contributed by atoms with van der Waals surface area (Å²) in [6.07, 6.45) is -1.57. The molecule has 0 aliphatic carbocycles. The van der Waals surface area contributed by atoms with Gasteiger partial charge in [0.15, 0.2) is 0 Å². The van der Waals surface area contributed by atoms with Crippen molar-refractivity contribution in [1.82, 2.24) is 15.5 Å². The van der Waals surface area contributed by atoms with Crippen LogP contribution < -0.4 is 10.0 Å². The molecule has 13 heteroatoms. The standard InChI is InChI=1S/C23H21F3N4O4S.ClH/c1-14-15(2)29-34-21(14)30-35(31,32)20-6-4-3-5-19(20)18-8-7-16(22-28-9-10-33-22)11-17(18)12-27-13-23(24,25)26;/h3-11,27,30H,12-13H2,1-2H3;1H. The van der Waals surface area contributed by atoms with Crippen molar-refractivity contribution in [3.63, 3.8) is 0 Å². The summed E-state index contributed by atoms with van der Waals surface area (Å²) in [6, 6.07) is 11.1. The minimum absolute atomic E-state index is 0. The number of rotatable bonds is 8. The second kappa shape index (κ2) is 10.7. The van der Waals surface area contributed by atoms with Crippen LogP contribution in [0.25, 0.3) is 22.6 Å². The highest BCUT2D eigenvalue weighted by Crippen LogP contribution is 2.34. The van der Waals surface area contributed by atoms with Crippen LogP contribution in [-0.4, -0.2) is 31.3 Å². The molecular formula is C23H22ClF3N4O4S. The molecule has 192 valence electrons. The number of nitrogens with one attached hydrogen (secondary N) is 2. The maximum absolute atomic E-state index is 13.3. The third kappa shape index (κ3) is 6.07. The zero-order valence-corrected chi connectivity index (χ0v) is 20.7. The number of aromatic nitrogens is 2. The predicted octanol–water partition coefficient (Wildman–Crippen LogP) is 5.49. The molecule has 0 fully saturated rings. The maximum Gasteiger partial charge on any atom is 0.401 e. The predicted molar refractivity (Wildman–Crippen MR) is 129 cm³/mol. The minimum Gasteiger partial charge on any atom is -0.445 e. The van der Waals surface area contributed by atoms with Gasteiger partial charge in [0.05, 0.1) is 23.3 Å². The van der Waals surface area contributed by atoms with Crippen molar-refractivity contribution in [3.05, 3.63) is 71.7 Å². The van der Waals surface area contributed by atoms with Crippen molar-refractivity contribution in [1.29, 1.82) is 0 Å². The Balaban J connectivity index is 0.00000361. The smallest absolute Gasteiger partial charge is 0.401 e. The monoisotopic (exact) mass is 542 g/mol. The van der Waals surface area contributed by atoms with Crippen LogP contribution in [-0.2, 0) is 16.6 Å². The Kier molecular flexibility index (Phi) is 8.12. The Hall–Kier alpha value is -3.35. The van der Waals surface area contributed by atoms with E-state index in [1.54, 1.807) is 50.2 Å². The van der Waals surface area contributed by atoms with Gasteiger partial charge in [0, 0.05) is 23.2 Å². The fourth-order valence-corrected chi connectivity index (χ4v) is 4.72. The largest absolute Gasteiger partial charge is 0.445 e. The zero-order valence-electron chi connectivity index (χ0n) is 19.1. The molecule has 2 N–H and O–H groups in total. The lowest BCUT2D eigenvalue weighted by atomic mass is 9.97. The first-order valence-electron chi connectivity index (χ1n) is 10.4. The van der Waals surface area contributed by atoms with Crippen molar-refractivity contribution >= 4 is 28.3 Å². The molecule has 2 heterocycles. The van der Waals surface area contributed by atoms with E-state index in [2.05, 4.69) is 20.2 Å². The first-order valence-corrected chi connectivity index (χ1v) is 11.9. The number of halogens is 4. The summed E-state index contributed by atoms with van der Waals surface area (Å²) in [4.78, 5) is 4.00. The number of alkyl halides is 3. The van der Waals surface area contributed by atoms with Crippen molar-refractivity contribution in [2.24, 2.45) is 0 Å². The van der Waals surface area contributed by atoms with E-state index in [1.165, 1.54) is 18.5 Å². The van der Waals surface area contributed by atoms with Gasteiger partial charge in [-0.15, -0.1) is 12.4 Å². The normalized spacial score (nSPS) is 11.8. The highest BCUT2D eigenvalue weighted by Gasteiger charge is 2.27. The van der Waals surface area contributed by atoms with Crippen molar-refractivity contribution in [2.45, 2.75) is 31.5 Å². The molecular weight excluding hydrogens is 521 g/mol. The second-order valence-corrected chi connectivity index (χ2v) is 9.40. The summed E-state index contributed by atoms with van der Waals surface area (Å²) in [6.45, 7) is 1.97. The van der Waals surface area contributed by atoms with Crippen molar-refractivity contribution in [3.8, 4) is 22.6 Å². The van der Waals surface area contributed by atoms with E-state index in [4.69, 9.17) is 8.94 Å². The molecule has 2 aromatic carbocycles. The van der Waals surface area contributed by atoms with Crippen LogP contribution in [0.1, 0.15) is 16.8 Å². The molecule has 0 saturated heterocycles. The molecule has 0 unspecified atom stereocenters. The van der Waals surface area contributed by atoms with Gasteiger partial charge in [0.2, 0.25) is 11.8 Å². The highest BCUT2D eigenvalue weighted by atomic mass is 35.5. The Labute approximate surface area is 211 Å². The summed E-state index contributed by atoms with van der Waals surface area (Å²) < 4.78 is 77.6. The third-order valence-electron chi connectivity index (χ3n) is 5.28. The molecule has 0 aliphatic rings. The Morgan fingerprint density at radius 1 is 1.06 bits per heavy atom. The fraction of sp³-hybridized carbons (Fsp3) is 0.217. The second-order valence-electron chi connectivity index (χ2n) is 7.75. The van der Waals surface area contributed by atoms with Gasteiger partial charge < -0.3 is 14.3 Å². The molecule has 0 aliphatic heterocycles. The Morgan fingerprint density at radius 2 is 1.81 bits per heavy atom. The first-order chi connectivity index (χ1) is 16.5. The number of oxazole rings is 1. The minimum atomic E-state index is -4.40. The molecule has 36 heavy (non-hydrogen) atoms. The lowest BCUT2D eigenvalue weighted by Gasteiger charge is -2.16. The van der Waals surface area contributed by atoms with Crippen molar-refractivity contribution in [2.75, 3.05) is 11.3 Å². The van der Waals surface area contributed by atoms with Crippen molar-refractivity contribution < 1.29 is 30.5 Å². The van der Waals surface area contributed by atoms with Gasteiger partial charge in [-0.1, -0.05) is 29.4 Å². The number of hydrogen-bond acceptors (Lipinski definition) is 7. The number of nitrogens with zero attached hydrogens (tertiary/aromatic N) is 2. The fourth-order valence-electron chi connectivity index (χ4n) is 3.45.